The molecule has 0 spiro atoms. The number of aromatic nitrogens is 3. The molecule has 0 aliphatic carbocycles. The van der Waals surface area contributed by atoms with E-state index in [0.29, 0.717) is 25.0 Å². The molecule has 2 aromatic heterocycles. The van der Waals surface area contributed by atoms with Gasteiger partial charge in [0.05, 0.1) is 18.4 Å². The topological polar surface area (TPSA) is 80.3 Å². The van der Waals surface area contributed by atoms with Crippen LogP contribution in [-0.4, -0.2) is 27.9 Å². The monoisotopic (exact) mass is 318 g/mol. The largest absolute Gasteiger partial charge is 0.359 e. The third-order valence-corrected chi connectivity index (χ3v) is 3.85. The van der Waals surface area contributed by atoms with Gasteiger partial charge < -0.3 is 15.2 Å². The Bertz CT molecular complexity index is 626. The SMILES string of the molecule is CCC(CC)c1cc(CNC(=NC)NCc2cnn(C)c2)on1. The van der Waals surface area contributed by atoms with E-state index in [1.807, 2.05) is 25.5 Å². The molecular weight excluding hydrogens is 292 g/mol. The van der Waals surface area contributed by atoms with Crippen molar-refractivity contribution in [2.45, 2.75) is 45.7 Å². The second-order valence-corrected chi connectivity index (χ2v) is 5.53. The molecule has 0 bridgehead atoms. The Balaban J connectivity index is 1.83. The zero-order chi connectivity index (χ0) is 16.7. The lowest BCUT2D eigenvalue weighted by Crippen LogP contribution is -2.36. The van der Waals surface area contributed by atoms with Crippen molar-refractivity contribution in [1.82, 2.24) is 25.6 Å². The van der Waals surface area contributed by atoms with Crippen LogP contribution in [0.5, 0.6) is 0 Å². The zero-order valence-corrected chi connectivity index (χ0v) is 14.3. The van der Waals surface area contributed by atoms with Crippen molar-refractivity contribution < 1.29 is 4.52 Å². The summed E-state index contributed by atoms with van der Waals surface area (Å²) in [4.78, 5) is 4.20. The molecule has 0 radical (unpaired) electrons. The van der Waals surface area contributed by atoms with E-state index in [9.17, 15) is 0 Å². The molecule has 0 aromatic carbocycles. The summed E-state index contributed by atoms with van der Waals surface area (Å²) < 4.78 is 7.18. The molecule has 2 heterocycles. The smallest absolute Gasteiger partial charge is 0.191 e. The van der Waals surface area contributed by atoms with Gasteiger partial charge in [0.2, 0.25) is 0 Å². The van der Waals surface area contributed by atoms with Crippen molar-refractivity contribution in [1.29, 1.82) is 0 Å². The van der Waals surface area contributed by atoms with Gasteiger partial charge in [-0.2, -0.15) is 5.10 Å². The van der Waals surface area contributed by atoms with Crippen molar-refractivity contribution in [2.24, 2.45) is 12.0 Å². The van der Waals surface area contributed by atoms with E-state index in [0.717, 1.165) is 29.9 Å². The van der Waals surface area contributed by atoms with Gasteiger partial charge in [-0.3, -0.25) is 9.67 Å². The van der Waals surface area contributed by atoms with Crippen LogP contribution in [0.15, 0.2) is 28.0 Å². The van der Waals surface area contributed by atoms with Crippen LogP contribution in [0.1, 0.15) is 49.6 Å². The Morgan fingerprint density at radius 1 is 1.30 bits per heavy atom. The number of aliphatic imine (C=N–C) groups is 1. The van der Waals surface area contributed by atoms with Crippen molar-refractivity contribution in [3.63, 3.8) is 0 Å². The van der Waals surface area contributed by atoms with Gasteiger partial charge in [0.25, 0.3) is 0 Å². The molecule has 7 nitrogen and oxygen atoms in total. The fourth-order valence-corrected chi connectivity index (χ4v) is 2.45. The molecular formula is C16H26N6O. The number of nitrogens with zero attached hydrogens (tertiary/aromatic N) is 4. The third kappa shape index (κ3) is 4.84. The summed E-state index contributed by atoms with van der Waals surface area (Å²) in [5.74, 6) is 2.00. The maximum atomic E-state index is 5.40. The van der Waals surface area contributed by atoms with Gasteiger partial charge in [-0.25, -0.2) is 0 Å². The fraction of sp³-hybridized carbons (Fsp3) is 0.562. The average Bonchev–Trinajstić information content (AvgIpc) is 3.18. The van der Waals surface area contributed by atoms with Gasteiger partial charge in [-0.05, 0) is 12.8 Å². The average molecular weight is 318 g/mol. The summed E-state index contributed by atoms with van der Waals surface area (Å²) in [5.41, 5.74) is 2.14. The lowest BCUT2D eigenvalue weighted by molar-refractivity contribution is 0.368. The summed E-state index contributed by atoms with van der Waals surface area (Å²) >= 11 is 0. The van der Waals surface area contributed by atoms with E-state index in [-0.39, 0.29) is 0 Å². The van der Waals surface area contributed by atoms with E-state index in [1.165, 1.54) is 0 Å². The van der Waals surface area contributed by atoms with Crippen LogP contribution in [0.2, 0.25) is 0 Å². The Kier molecular flexibility index (Phi) is 6.19. The summed E-state index contributed by atoms with van der Waals surface area (Å²) in [5, 5.41) is 14.8. The maximum Gasteiger partial charge on any atom is 0.191 e. The van der Waals surface area contributed by atoms with E-state index in [1.54, 1.807) is 11.7 Å². The predicted octanol–water partition coefficient (Wildman–Crippen LogP) is 2.18. The van der Waals surface area contributed by atoms with Crippen LogP contribution in [-0.2, 0) is 20.1 Å². The minimum absolute atomic E-state index is 0.468. The summed E-state index contributed by atoms with van der Waals surface area (Å²) in [6, 6.07) is 2.03. The van der Waals surface area contributed by atoms with Crippen LogP contribution in [0.3, 0.4) is 0 Å². The number of rotatable bonds is 7. The van der Waals surface area contributed by atoms with Gasteiger partial charge in [-0.15, -0.1) is 0 Å². The number of aryl methyl sites for hydroxylation is 1. The maximum absolute atomic E-state index is 5.40. The van der Waals surface area contributed by atoms with Crippen LogP contribution in [0.25, 0.3) is 0 Å². The van der Waals surface area contributed by atoms with Crippen molar-refractivity contribution in [3.8, 4) is 0 Å². The molecule has 0 atom stereocenters. The first-order valence-corrected chi connectivity index (χ1v) is 8.03. The van der Waals surface area contributed by atoms with E-state index >= 15 is 0 Å². The fourth-order valence-electron chi connectivity index (χ4n) is 2.45. The number of guanidine groups is 1. The first-order valence-electron chi connectivity index (χ1n) is 8.03. The van der Waals surface area contributed by atoms with E-state index < -0.39 is 0 Å². The molecule has 0 fully saturated rings. The molecule has 0 unspecified atom stereocenters. The molecule has 2 rings (SSSR count). The van der Waals surface area contributed by atoms with Crippen molar-refractivity contribution >= 4 is 5.96 Å². The standard InChI is InChI=1S/C16H26N6O/c1-5-13(6-2)15-7-14(23-21-15)10-19-16(17-3)18-8-12-9-20-22(4)11-12/h7,9,11,13H,5-6,8,10H2,1-4H3,(H2,17,18,19). The number of hydrogen-bond donors (Lipinski definition) is 2. The molecule has 0 amide bonds. The summed E-state index contributed by atoms with van der Waals surface area (Å²) in [6.07, 6.45) is 5.95. The van der Waals surface area contributed by atoms with Crippen LogP contribution in [0.4, 0.5) is 0 Å². The lowest BCUT2D eigenvalue weighted by Gasteiger charge is -2.09. The third-order valence-electron chi connectivity index (χ3n) is 3.85. The Hall–Kier alpha value is -2.31. The summed E-state index contributed by atoms with van der Waals surface area (Å²) in [6.45, 7) is 5.57. The highest BCUT2D eigenvalue weighted by molar-refractivity contribution is 5.79. The summed E-state index contributed by atoms with van der Waals surface area (Å²) in [7, 11) is 3.65. The van der Waals surface area contributed by atoms with E-state index in [4.69, 9.17) is 4.52 Å². The molecule has 0 aliphatic rings. The lowest BCUT2D eigenvalue weighted by atomic mass is 9.99. The second kappa shape index (κ2) is 8.36. The van der Waals surface area contributed by atoms with Crippen molar-refractivity contribution in [2.75, 3.05) is 7.05 Å². The molecule has 2 N–H and O–H groups in total. The highest BCUT2D eigenvalue weighted by Crippen LogP contribution is 2.22. The minimum atomic E-state index is 0.468. The Labute approximate surface area is 137 Å². The zero-order valence-electron chi connectivity index (χ0n) is 14.3. The van der Waals surface area contributed by atoms with Gasteiger partial charge in [-0.1, -0.05) is 19.0 Å². The van der Waals surface area contributed by atoms with Gasteiger partial charge in [0.15, 0.2) is 11.7 Å². The van der Waals surface area contributed by atoms with Crippen LogP contribution in [0, 0.1) is 0 Å². The van der Waals surface area contributed by atoms with Gasteiger partial charge in [0, 0.05) is 44.4 Å². The first kappa shape index (κ1) is 17.1. The molecule has 7 heteroatoms. The quantitative estimate of drug-likeness (QED) is 0.604. The second-order valence-electron chi connectivity index (χ2n) is 5.53. The molecule has 0 aliphatic heterocycles. The molecule has 126 valence electrons. The molecule has 23 heavy (non-hydrogen) atoms. The van der Waals surface area contributed by atoms with Crippen molar-refractivity contribution in [3.05, 3.63) is 35.5 Å². The molecule has 0 saturated heterocycles. The van der Waals surface area contributed by atoms with Gasteiger partial charge >= 0.3 is 0 Å². The van der Waals surface area contributed by atoms with Gasteiger partial charge in [0.1, 0.15) is 0 Å². The normalized spacial score (nSPS) is 12.0. The minimum Gasteiger partial charge on any atom is -0.359 e. The Morgan fingerprint density at radius 2 is 2.04 bits per heavy atom. The predicted molar refractivity (Wildman–Crippen MR) is 90.1 cm³/mol. The highest BCUT2D eigenvalue weighted by Gasteiger charge is 2.13. The number of nitrogens with one attached hydrogen (secondary N) is 2. The van der Waals surface area contributed by atoms with Crippen LogP contribution < -0.4 is 10.6 Å². The first-order chi connectivity index (χ1) is 11.2. The van der Waals surface area contributed by atoms with Crippen LogP contribution >= 0.6 is 0 Å². The highest BCUT2D eigenvalue weighted by atomic mass is 16.5. The number of hydrogen-bond acceptors (Lipinski definition) is 4. The molecule has 2 aromatic rings. The molecule has 0 saturated carbocycles. The Morgan fingerprint density at radius 3 is 2.65 bits per heavy atom. The van der Waals surface area contributed by atoms with E-state index in [2.05, 4.69) is 39.7 Å².